The molecule has 2 aliphatic rings. The summed E-state index contributed by atoms with van der Waals surface area (Å²) in [6, 6.07) is 4.17. The topological polar surface area (TPSA) is 134 Å². The quantitative estimate of drug-likeness (QED) is 0.501. The molecular formula is C19H17N5O5S. The first kappa shape index (κ1) is 19.8. The molecule has 30 heavy (non-hydrogen) atoms. The normalized spacial score (nSPS) is 21.0. The number of carbonyl (C=O) groups excluding carboxylic acids is 3. The largest absolute Gasteiger partial charge is 0.466 e. The Bertz CT molecular complexity index is 994. The second kappa shape index (κ2) is 8.49. The van der Waals surface area contributed by atoms with Crippen LogP contribution in [0.2, 0.25) is 0 Å². The number of fused-ring (bicyclic) bond motifs is 1. The summed E-state index contributed by atoms with van der Waals surface area (Å²) in [7, 11) is 0. The SMILES string of the molecule is O=NC(C(=O)N[C@@H]1C(=O)N2C=C(CNC(=O)c3ccncc3)CS[C@@H]12)c1ccco1. The van der Waals surface area contributed by atoms with Crippen LogP contribution in [0.5, 0.6) is 0 Å². The van der Waals surface area contributed by atoms with Gasteiger partial charge in [0.15, 0.2) is 0 Å². The van der Waals surface area contributed by atoms with Gasteiger partial charge in [-0.2, -0.15) is 0 Å². The van der Waals surface area contributed by atoms with Gasteiger partial charge >= 0.3 is 0 Å². The Morgan fingerprint density at radius 2 is 2.13 bits per heavy atom. The molecule has 3 atom stereocenters. The molecule has 1 fully saturated rings. The lowest BCUT2D eigenvalue weighted by Gasteiger charge is -2.47. The highest BCUT2D eigenvalue weighted by molar-refractivity contribution is 8.00. The van der Waals surface area contributed by atoms with Crippen molar-refractivity contribution in [1.29, 1.82) is 0 Å². The van der Waals surface area contributed by atoms with Gasteiger partial charge in [0.1, 0.15) is 17.2 Å². The summed E-state index contributed by atoms with van der Waals surface area (Å²) in [6.45, 7) is 0.303. The van der Waals surface area contributed by atoms with E-state index >= 15 is 0 Å². The number of carbonyl (C=O) groups is 3. The van der Waals surface area contributed by atoms with Gasteiger partial charge in [0.25, 0.3) is 17.7 Å². The molecule has 10 nitrogen and oxygen atoms in total. The van der Waals surface area contributed by atoms with Gasteiger partial charge in [-0.1, -0.05) is 0 Å². The van der Waals surface area contributed by atoms with Crippen LogP contribution in [0.3, 0.4) is 0 Å². The minimum atomic E-state index is -1.34. The lowest BCUT2D eigenvalue weighted by atomic mass is 10.1. The lowest BCUT2D eigenvalue weighted by molar-refractivity contribution is -0.145. The first-order valence-electron chi connectivity index (χ1n) is 9.06. The molecule has 0 bridgehead atoms. The Morgan fingerprint density at radius 3 is 2.83 bits per heavy atom. The maximum absolute atomic E-state index is 12.5. The molecule has 2 N–H and O–H groups in total. The van der Waals surface area contributed by atoms with Crippen molar-refractivity contribution in [3.8, 4) is 0 Å². The molecule has 0 radical (unpaired) electrons. The van der Waals surface area contributed by atoms with Crippen molar-refractivity contribution in [2.75, 3.05) is 12.3 Å². The van der Waals surface area contributed by atoms with E-state index in [1.807, 2.05) is 0 Å². The summed E-state index contributed by atoms with van der Waals surface area (Å²) in [4.78, 5) is 53.4. The summed E-state index contributed by atoms with van der Waals surface area (Å²) >= 11 is 1.47. The molecule has 4 heterocycles. The summed E-state index contributed by atoms with van der Waals surface area (Å²) < 4.78 is 5.06. The molecule has 3 amide bonds. The highest BCUT2D eigenvalue weighted by atomic mass is 32.2. The molecule has 0 aromatic carbocycles. The number of hydrogen-bond acceptors (Lipinski definition) is 8. The third-order valence-electron chi connectivity index (χ3n) is 4.72. The fourth-order valence-corrected chi connectivity index (χ4v) is 4.43. The molecule has 0 aliphatic carbocycles. The number of nitrogens with one attached hydrogen (secondary N) is 2. The monoisotopic (exact) mass is 427 g/mol. The fourth-order valence-electron chi connectivity index (χ4n) is 3.16. The van der Waals surface area contributed by atoms with Crippen LogP contribution in [-0.4, -0.2) is 51.3 Å². The van der Waals surface area contributed by atoms with E-state index in [1.165, 1.54) is 29.0 Å². The minimum absolute atomic E-state index is 0.120. The van der Waals surface area contributed by atoms with E-state index in [4.69, 9.17) is 4.42 Å². The Balaban J connectivity index is 1.33. The average Bonchev–Trinajstić information content (AvgIpc) is 3.31. The van der Waals surface area contributed by atoms with Crippen LogP contribution in [0.25, 0.3) is 0 Å². The van der Waals surface area contributed by atoms with E-state index in [2.05, 4.69) is 20.8 Å². The molecule has 0 saturated carbocycles. The number of pyridine rings is 1. The average molecular weight is 427 g/mol. The third-order valence-corrected chi connectivity index (χ3v) is 6.10. The number of furan rings is 1. The Labute approximate surface area is 175 Å². The highest BCUT2D eigenvalue weighted by Crippen LogP contribution is 2.36. The number of hydrogen-bond donors (Lipinski definition) is 2. The van der Waals surface area contributed by atoms with Crippen LogP contribution in [-0.2, 0) is 9.59 Å². The lowest BCUT2D eigenvalue weighted by Crippen LogP contribution is -2.68. The van der Waals surface area contributed by atoms with Gasteiger partial charge in [0.2, 0.25) is 6.04 Å². The van der Waals surface area contributed by atoms with Crippen molar-refractivity contribution in [1.82, 2.24) is 20.5 Å². The number of β-lactam (4-membered cyclic amide) rings is 1. The van der Waals surface area contributed by atoms with E-state index in [9.17, 15) is 19.3 Å². The number of rotatable bonds is 7. The first-order chi connectivity index (χ1) is 14.6. The summed E-state index contributed by atoms with van der Waals surface area (Å²) in [5.41, 5.74) is 1.38. The second-order valence-electron chi connectivity index (χ2n) is 6.66. The van der Waals surface area contributed by atoms with Crippen LogP contribution in [0.1, 0.15) is 22.2 Å². The molecule has 2 aromatic rings. The molecule has 11 heteroatoms. The molecule has 154 valence electrons. The van der Waals surface area contributed by atoms with E-state index < -0.39 is 18.0 Å². The molecule has 1 unspecified atom stereocenters. The van der Waals surface area contributed by atoms with Crippen molar-refractivity contribution in [3.63, 3.8) is 0 Å². The molecular weight excluding hydrogens is 410 g/mol. The Morgan fingerprint density at radius 1 is 1.33 bits per heavy atom. The number of nitroso groups, excluding NO2 is 1. The van der Waals surface area contributed by atoms with Crippen LogP contribution in [0.15, 0.2) is 64.3 Å². The van der Waals surface area contributed by atoms with Crippen molar-refractivity contribution in [2.24, 2.45) is 5.18 Å². The van der Waals surface area contributed by atoms with E-state index in [0.717, 1.165) is 5.57 Å². The van der Waals surface area contributed by atoms with Gasteiger partial charge in [0.05, 0.1) is 6.26 Å². The third kappa shape index (κ3) is 3.83. The minimum Gasteiger partial charge on any atom is -0.466 e. The van der Waals surface area contributed by atoms with Crippen LogP contribution in [0.4, 0.5) is 0 Å². The Hall–Kier alpha value is -3.47. The van der Waals surface area contributed by atoms with Gasteiger partial charge in [-0.05, 0) is 35.0 Å². The molecule has 2 aliphatic heterocycles. The van der Waals surface area contributed by atoms with Crippen LogP contribution < -0.4 is 10.6 Å². The van der Waals surface area contributed by atoms with E-state index in [-0.39, 0.29) is 22.9 Å². The summed E-state index contributed by atoms with van der Waals surface area (Å²) in [6.07, 6.45) is 6.12. The number of aromatic nitrogens is 1. The predicted octanol–water partition coefficient (Wildman–Crippen LogP) is 1.20. The number of amides is 3. The zero-order valence-corrected chi connectivity index (χ0v) is 16.4. The zero-order chi connectivity index (χ0) is 21.1. The van der Waals surface area contributed by atoms with Crippen molar-refractivity contribution in [3.05, 3.63) is 70.9 Å². The fraction of sp³-hybridized carbons (Fsp3) is 0.263. The number of nitrogens with zero attached hydrogens (tertiary/aromatic N) is 3. The van der Waals surface area contributed by atoms with Gasteiger partial charge in [-0.25, -0.2) is 0 Å². The second-order valence-corrected chi connectivity index (χ2v) is 7.77. The summed E-state index contributed by atoms with van der Waals surface area (Å²) in [5, 5.41) is 7.92. The van der Waals surface area contributed by atoms with E-state index in [0.29, 0.717) is 17.9 Å². The molecule has 2 aromatic heterocycles. The summed E-state index contributed by atoms with van der Waals surface area (Å²) in [5.74, 6) is -0.490. The predicted molar refractivity (Wildman–Crippen MR) is 107 cm³/mol. The van der Waals surface area contributed by atoms with Gasteiger partial charge in [-0.15, -0.1) is 16.7 Å². The van der Waals surface area contributed by atoms with Crippen molar-refractivity contribution >= 4 is 29.5 Å². The van der Waals surface area contributed by atoms with E-state index in [1.54, 1.807) is 36.8 Å². The van der Waals surface area contributed by atoms with Crippen molar-refractivity contribution < 1.29 is 18.8 Å². The molecule has 4 rings (SSSR count). The van der Waals surface area contributed by atoms with Gasteiger partial charge in [0, 0.05) is 36.5 Å². The standard InChI is InChI=1S/C19H17N5O5S/c25-16(12-3-5-20-6-4-12)21-8-11-9-24-18(27)15(19(24)30-10-11)22-17(26)14(23-28)13-2-1-7-29-13/h1-7,9,14-15,19H,8,10H2,(H,21,25)(H,22,26)/t14?,15-,19+/m1/s1. The smallest absolute Gasteiger partial charge is 0.257 e. The van der Waals surface area contributed by atoms with Gasteiger partial charge < -0.3 is 20.0 Å². The number of thioether (sulfide) groups is 1. The maximum atomic E-state index is 12.5. The van der Waals surface area contributed by atoms with Crippen molar-refractivity contribution in [2.45, 2.75) is 17.5 Å². The maximum Gasteiger partial charge on any atom is 0.257 e. The molecule has 0 spiro atoms. The van der Waals surface area contributed by atoms with Crippen LogP contribution in [0, 0.1) is 4.91 Å². The molecule has 1 saturated heterocycles. The zero-order valence-electron chi connectivity index (χ0n) is 15.6. The first-order valence-corrected chi connectivity index (χ1v) is 10.1. The van der Waals surface area contributed by atoms with Crippen LogP contribution >= 0.6 is 11.8 Å². The Kier molecular flexibility index (Phi) is 5.61. The van der Waals surface area contributed by atoms with Gasteiger partial charge in [-0.3, -0.25) is 19.4 Å². The highest BCUT2D eigenvalue weighted by Gasteiger charge is 2.50.